The molecule has 0 aliphatic carbocycles. The summed E-state index contributed by atoms with van der Waals surface area (Å²) in [5, 5.41) is 2.43. The molecule has 0 bridgehead atoms. The van der Waals surface area contributed by atoms with Crippen molar-refractivity contribution in [2.45, 2.75) is 31.0 Å². The fraction of sp³-hybridized carbons (Fsp3) is 0.294. The van der Waals surface area contributed by atoms with E-state index in [-0.39, 0.29) is 27.8 Å². The predicted octanol–water partition coefficient (Wildman–Crippen LogP) is 3.95. The smallest absolute Gasteiger partial charge is 0.408 e. The Morgan fingerprint density at radius 1 is 1.21 bits per heavy atom. The Morgan fingerprint density at radius 3 is 2.38 bits per heavy atom. The molecule has 1 atom stereocenters. The maximum Gasteiger partial charge on any atom is 0.408 e. The van der Waals surface area contributed by atoms with Crippen LogP contribution in [0, 0.1) is 10.5 Å². The fourth-order valence-electron chi connectivity index (χ4n) is 2.53. The molecule has 7 nitrogen and oxygen atoms in total. The number of alkyl halides is 3. The highest BCUT2D eigenvalue weighted by Gasteiger charge is 2.37. The van der Waals surface area contributed by atoms with Crippen molar-refractivity contribution in [1.82, 2.24) is 13.9 Å². The van der Waals surface area contributed by atoms with Crippen LogP contribution in [0.25, 0.3) is 11.0 Å². The van der Waals surface area contributed by atoms with Gasteiger partial charge in [-0.15, -0.1) is 0 Å². The number of anilines is 1. The lowest BCUT2D eigenvalue weighted by Gasteiger charge is -2.18. The molecule has 1 N–H and O–H groups in total. The van der Waals surface area contributed by atoms with Gasteiger partial charge in [0.15, 0.2) is 5.65 Å². The maximum absolute atomic E-state index is 13.1. The van der Waals surface area contributed by atoms with Crippen molar-refractivity contribution in [3.63, 3.8) is 0 Å². The zero-order valence-corrected chi connectivity index (χ0v) is 18.4. The number of aromatic nitrogens is 3. The highest BCUT2D eigenvalue weighted by atomic mass is 127. The lowest BCUT2D eigenvalue weighted by atomic mass is 10.2. The molecule has 12 heteroatoms. The molecule has 2 aromatic heterocycles. The molecule has 2 heterocycles. The molecular formula is C17H16F3IN4O3S. The van der Waals surface area contributed by atoms with Gasteiger partial charge in [-0.1, -0.05) is 17.7 Å². The average molecular weight is 540 g/mol. The Labute approximate surface area is 178 Å². The fourth-order valence-corrected chi connectivity index (χ4v) is 4.80. The molecule has 1 aromatic carbocycles. The molecule has 0 saturated carbocycles. The lowest BCUT2D eigenvalue weighted by Crippen LogP contribution is -2.33. The third kappa shape index (κ3) is 4.13. The summed E-state index contributed by atoms with van der Waals surface area (Å²) in [6.07, 6.45) is -3.23. The normalized spacial score (nSPS) is 13.5. The van der Waals surface area contributed by atoms with E-state index in [4.69, 9.17) is 4.74 Å². The Kier molecular flexibility index (Phi) is 5.69. The van der Waals surface area contributed by atoms with Gasteiger partial charge in [0.2, 0.25) is 0 Å². The third-order valence-corrected chi connectivity index (χ3v) is 6.63. The van der Waals surface area contributed by atoms with Gasteiger partial charge in [0.05, 0.1) is 17.4 Å². The summed E-state index contributed by atoms with van der Waals surface area (Å²) in [6.45, 7) is 2.76. The van der Waals surface area contributed by atoms with Gasteiger partial charge in [-0.3, -0.25) is 0 Å². The van der Waals surface area contributed by atoms with Crippen molar-refractivity contribution in [1.29, 1.82) is 0 Å². The number of ether oxygens (including phenoxy) is 1. The zero-order valence-electron chi connectivity index (χ0n) is 15.5. The van der Waals surface area contributed by atoms with Gasteiger partial charge in [-0.05, 0) is 48.6 Å². The quantitative estimate of drug-likeness (QED) is 0.494. The summed E-state index contributed by atoms with van der Waals surface area (Å²) in [7, 11) is -2.80. The first-order valence-corrected chi connectivity index (χ1v) is 10.7. The summed E-state index contributed by atoms with van der Waals surface area (Å²) in [5.41, 5.74) is 0.797. The second-order valence-corrected chi connectivity index (χ2v) is 9.23. The standard InChI is InChI=1S/C17H16F3IN4O3S/c1-9-4-6-11(7-5-9)29(26,27)25-8-12(21)13-14(22-10(2)17(18,19)20)23-16(28-3)24-15(13)25/h4-8,10H,1-3H3,(H,22,23,24). The van der Waals surface area contributed by atoms with Crippen molar-refractivity contribution in [3.8, 4) is 6.01 Å². The first-order chi connectivity index (χ1) is 13.4. The van der Waals surface area contributed by atoms with Gasteiger partial charge >= 0.3 is 12.2 Å². The molecule has 0 aliphatic heterocycles. The van der Waals surface area contributed by atoms with E-state index in [0.29, 0.717) is 3.57 Å². The summed E-state index contributed by atoms with van der Waals surface area (Å²) < 4.78 is 71.6. The van der Waals surface area contributed by atoms with Gasteiger partial charge in [-0.2, -0.15) is 23.1 Å². The van der Waals surface area contributed by atoms with Crippen LogP contribution in [-0.4, -0.2) is 41.7 Å². The van der Waals surface area contributed by atoms with Crippen LogP contribution in [0.4, 0.5) is 19.0 Å². The van der Waals surface area contributed by atoms with Crippen LogP contribution in [0.1, 0.15) is 12.5 Å². The number of halogens is 4. The van der Waals surface area contributed by atoms with Crippen molar-refractivity contribution in [2.75, 3.05) is 12.4 Å². The predicted molar refractivity (Wildman–Crippen MR) is 110 cm³/mol. The minimum atomic E-state index is -4.52. The van der Waals surface area contributed by atoms with Gasteiger partial charge in [0.1, 0.15) is 11.9 Å². The minimum Gasteiger partial charge on any atom is -0.467 e. The van der Waals surface area contributed by atoms with Crippen molar-refractivity contribution in [2.24, 2.45) is 0 Å². The van der Waals surface area contributed by atoms with Crippen LogP contribution in [0.5, 0.6) is 6.01 Å². The lowest BCUT2D eigenvalue weighted by molar-refractivity contribution is -0.138. The Balaban J connectivity index is 2.23. The molecule has 29 heavy (non-hydrogen) atoms. The zero-order chi connectivity index (χ0) is 21.6. The number of nitrogens with zero attached hydrogens (tertiary/aromatic N) is 3. The van der Waals surface area contributed by atoms with E-state index in [0.717, 1.165) is 16.5 Å². The summed E-state index contributed by atoms with van der Waals surface area (Å²) in [6, 6.07) is 4.02. The number of hydrogen-bond acceptors (Lipinski definition) is 6. The van der Waals surface area contributed by atoms with Crippen molar-refractivity contribution >= 4 is 49.5 Å². The highest BCUT2D eigenvalue weighted by Crippen LogP contribution is 2.33. The molecule has 0 radical (unpaired) electrons. The number of methoxy groups -OCH3 is 1. The van der Waals surface area contributed by atoms with E-state index < -0.39 is 22.2 Å². The van der Waals surface area contributed by atoms with Crippen molar-refractivity contribution in [3.05, 3.63) is 39.6 Å². The van der Waals surface area contributed by atoms with E-state index in [1.807, 2.05) is 29.5 Å². The second kappa shape index (κ2) is 7.63. The monoisotopic (exact) mass is 540 g/mol. The largest absolute Gasteiger partial charge is 0.467 e. The Morgan fingerprint density at radius 2 is 1.83 bits per heavy atom. The summed E-state index contributed by atoms with van der Waals surface area (Å²) >= 11 is 1.83. The van der Waals surface area contributed by atoms with Crippen LogP contribution < -0.4 is 10.1 Å². The molecular weight excluding hydrogens is 524 g/mol. The molecule has 0 spiro atoms. The SMILES string of the molecule is COc1nc(NC(C)C(F)(F)F)c2c(I)cn(S(=O)(=O)c3ccc(C)cc3)c2n1. The molecule has 156 valence electrons. The number of hydrogen-bond donors (Lipinski definition) is 1. The Bertz CT molecular complexity index is 1160. The summed E-state index contributed by atoms with van der Waals surface area (Å²) in [4.78, 5) is 8.05. The Hall–Kier alpha value is -2.09. The van der Waals surface area contributed by atoms with Crippen molar-refractivity contribution < 1.29 is 26.3 Å². The van der Waals surface area contributed by atoms with Gasteiger partial charge in [0, 0.05) is 9.77 Å². The van der Waals surface area contributed by atoms with Crippen LogP contribution in [0.15, 0.2) is 35.4 Å². The average Bonchev–Trinajstić information content (AvgIpc) is 2.98. The first kappa shape index (κ1) is 21.6. The van der Waals surface area contributed by atoms with Crippen LogP contribution in [0.2, 0.25) is 0 Å². The molecule has 0 amide bonds. The topological polar surface area (TPSA) is 86.1 Å². The first-order valence-electron chi connectivity index (χ1n) is 8.23. The number of rotatable bonds is 5. The van der Waals surface area contributed by atoms with E-state index in [1.165, 1.54) is 25.4 Å². The summed E-state index contributed by atoms with van der Waals surface area (Å²) in [5.74, 6) is -0.168. The third-order valence-electron chi connectivity index (χ3n) is 4.15. The highest BCUT2D eigenvalue weighted by molar-refractivity contribution is 14.1. The number of nitrogens with one attached hydrogen (secondary N) is 1. The second-order valence-electron chi connectivity index (χ2n) is 6.26. The van der Waals surface area contributed by atoms with Crippen LogP contribution in [0.3, 0.4) is 0 Å². The van der Waals surface area contributed by atoms with E-state index >= 15 is 0 Å². The maximum atomic E-state index is 13.1. The van der Waals surface area contributed by atoms with E-state index in [9.17, 15) is 21.6 Å². The molecule has 0 fully saturated rings. The minimum absolute atomic E-state index is 0.0205. The molecule has 1 unspecified atom stereocenters. The van der Waals surface area contributed by atoms with Gasteiger partial charge < -0.3 is 10.1 Å². The van der Waals surface area contributed by atoms with Crippen LogP contribution >= 0.6 is 22.6 Å². The molecule has 0 saturated heterocycles. The molecule has 3 rings (SSSR count). The van der Waals surface area contributed by atoms with E-state index in [1.54, 1.807) is 12.1 Å². The van der Waals surface area contributed by atoms with E-state index in [2.05, 4.69) is 15.3 Å². The number of aryl methyl sites for hydroxylation is 1. The van der Waals surface area contributed by atoms with Crippen LogP contribution in [-0.2, 0) is 10.0 Å². The van der Waals surface area contributed by atoms with Gasteiger partial charge in [0.25, 0.3) is 10.0 Å². The van der Waals surface area contributed by atoms with Gasteiger partial charge in [-0.25, -0.2) is 12.4 Å². The number of fused-ring (bicyclic) bond motifs is 1. The molecule has 0 aliphatic rings. The molecule has 3 aromatic rings. The number of benzene rings is 1.